The molecule has 12 nitrogen and oxygen atoms in total. The highest BCUT2D eigenvalue weighted by molar-refractivity contribution is 5.81. The van der Waals surface area contributed by atoms with Crippen LogP contribution in [0.15, 0.2) is 48.5 Å². The van der Waals surface area contributed by atoms with Crippen molar-refractivity contribution in [3.63, 3.8) is 0 Å². The number of fused-ring (bicyclic) bond motifs is 3. The minimum absolute atomic E-state index is 0.192. The molecule has 0 saturated heterocycles. The van der Waals surface area contributed by atoms with Crippen LogP contribution in [0.4, 0.5) is 0 Å². The van der Waals surface area contributed by atoms with Gasteiger partial charge in [0.25, 0.3) is 5.41 Å². The lowest BCUT2D eigenvalue weighted by atomic mass is 9.73. The van der Waals surface area contributed by atoms with Gasteiger partial charge in [0.15, 0.2) is 0 Å². The molecule has 27 heavy (non-hydrogen) atoms. The van der Waals surface area contributed by atoms with Gasteiger partial charge < -0.3 is 0 Å². The van der Waals surface area contributed by atoms with Crippen LogP contribution < -0.4 is 0 Å². The van der Waals surface area contributed by atoms with Crippen molar-refractivity contribution in [3.05, 3.63) is 100 Å². The van der Waals surface area contributed by atoms with Crippen LogP contribution in [0.25, 0.3) is 11.1 Å². The third-order valence-corrected chi connectivity index (χ3v) is 4.65. The summed E-state index contributed by atoms with van der Waals surface area (Å²) in [7, 11) is 0. The van der Waals surface area contributed by atoms with Crippen molar-refractivity contribution in [1.82, 2.24) is 0 Å². The number of rotatable bonds is 6. The minimum atomic E-state index is -2.83. The molecule has 12 heteroatoms. The number of nitro groups is 4. The van der Waals surface area contributed by atoms with Crippen LogP contribution in [0, 0.1) is 40.5 Å². The third-order valence-electron chi connectivity index (χ3n) is 4.65. The van der Waals surface area contributed by atoms with Crippen LogP contribution in [0.1, 0.15) is 11.1 Å². The Labute approximate surface area is 149 Å². The van der Waals surface area contributed by atoms with Crippen molar-refractivity contribution in [1.29, 1.82) is 0 Å². The Bertz CT molecular complexity index is 884. The fourth-order valence-corrected chi connectivity index (χ4v) is 3.81. The Morgan fingerprint density at radius 1 is 0.593 bits per heavy atom. The van der Waals surface area contributed by atoms with Crippen LogP contribution >= 0.6 is 0 Å². The molecular weight excluding hydrogens is 364 g/mol. The van der Waals surface area contributed by atoms with Gasteiger partial charge in [-0.05, 0) is 22.3 Å². The Hall–Kier alpha value is -3.96. The van der Waals surface area contributed by atoms with Crippen molar-refractivity contribution in [2.45, 2.75) is 17.7 Å². The summed E-state index contributed by atoms with van der Waals surface area (Å²) in [6.45, 7) is 0. The van der Waals surface area contributed by atoms with Crippen LogP contribution in [0.2, 0.25) is 0 Å². The molecule has 0 fully saturated rings. The van der Waals surface area contributed by atoms with E-state index in [1.54, 1.807) is 0 Å². The SMILES string of the molecule is O=[N+]([O-])C([N+](=O)[O-])C1(C([N+](=O)[O-])[N+](=O)[O-])c2ccccc2-c2ccccc21. The first-order chi connectivity index (χ1) is 12.7. The maximum atomic E-state index is 11.6. The zero-order valence-corrected chi connectivity index (χ0v) is 13.3. The number of hydrogen-bond acceptors (Lipinski definition) is 8. The van der Waals surface area contributed by atoms with Crippen molar-refractivity contribution < 1.29 is 19.7 Å². The summed E-state index contributed by atoms with van der Waals surface area (Å²) < 4.78 is 0. The van der Waals surface area contributed by atoms with E-state index in [4.69, 9.17) is 0 Å². The van der Waals surface area contributed by atoms with Crippen molar-refractivity contribution >= 4 is 0 Å². The van der Waals surface area contributed by atoms with E-state index in [0.717, 1.165) is 0 Å². The predicted octanol–water partition coefficient (Wildman–Crippen LogP) is 1.71. The molecule has 1 aliphatic rings. The van der Waals surface area contributed by atoms with Crippen molar-refractivity contribution in [2.24, 2.45) is 0 Å². The molecule has 0 aromatic heterocycles. The van der Waals surface area contributed by atoms with E-state index in [9.17, 15) is 40.5 Å². The lowest BCUT2D eigenvalue weighted by molar-refractivity contribution is -0.802. The summed E-state index contributed by atoms with van der Waals surface area (Å²) in [6.07, 6.45) is -5.66. The van der Waals surface area contributed by atoms with Crippen LogP contribution in [-0.4, -0.2) is 32.0 Å². The summed E-state index contributed by atoms with van der Waals surface area (Å²) in [6, 6.07) is 11.2. The highest BCUT2D eigenvalue weighted by atomic mass is 16.7. The monoisotopic (exact) mass is 374 g/mol. The lowest BCUT2D eigenvalue weighted by Gasteiger charge is -2.26. The Morgan fingerprint density at radius 2 is 0.889 bits per heavy atom. The van der Waals surface area contributed by atoms with Crippen LogP contribution in [0.5, 0.6) is 0 Å². The second-order valence-corrected chi connectivity index (χ2v) is 5.85. The standard InChI is InChI=1S/C15H10N4O8/c20-16(21)13(17(22)23)15(14(18(24)25)19(26)27)11-7-3-1-5-9(11)10-6-2-4-8-12(10)15/h1-8,13-14H. The van der Waals surface area contributed by atoms with Gasteiger partial charge >= 0.3 is 12.3 Å². The largest absolute Gasteiger partial charge is 0.478 e. The summed E-state index contributed by atoms with van der Waals surface area (Å²) in [5.74, 6) is 0. The second kappa shape index (κ2) is 6.09. The minimum Gasteiger partial charge on any atom is -0.259 e. The van der Waals surface area contributed by atoms with E-state index < -0.39 is 37.4 Å². The van der Waals surface area contributed by atoms with E-state index in [-0.39, 0.29) is 22.3 Å². The van der Waals surface area contributed by atoms with E-state index in [1.165, 1.54) is 48.5 Å². The number of nitrogens with zero attached hydrogens (tertiary/aromatic N) is 4. The predicted molar refractivity (Wildman–Crippen MR) is 88.2 cm³/mol. The molecule has 0 radical (unpaired) electrons. The van der Waals surface area contributed by atoms with Crippen molar-refractivity contribution in [2.75, 3.05) is 0 Å². The van der Waals surface area contributed by atoms with E-state index in [0.29, 0.717) is 0 Å². The Kier molecular flexibility index (Phi) is 4.02. The third kappa shape index (κ3) is 2.30. The summed E-state index contributed by atoms with van der Waals surface area (Å²) >= 11 is 0. The van der Waals surface area contributed by atoms with E-state index >= 15 is 0 Å². The molecule has 0 heterocycles. The maximum absolute atomic E-state index is 11.6. The zero-order chi connectivity index (χ0) is 19.9. The number of hydrogen-bond donors (Lipinski definition) is 0. The van der Waals surface area contributed by atoms with E-state index in [1.807, 2.05) is 0 Å². The zero-order valence-electron chi connectivity index (χ0n) is 13.3. The molecule has 138 valence electrons. The van der Waals surface area contributed by atoms with Gasteiger partial charge in [0.2, 0.25) is 0 Å². The normalized spacial score (nSPS) is 13.9. The molecule has 0 atom stereocenters. The fourth-order valence-electron chi connectivity index (χ4n) is 3.81. The van der Waals surface area contributed by atoms with E-state index in [2.05, 4.69) is 0 Å². The molecule has 3 rings (SSSR count). The molecule has 0 unspecified atom stereocenters. The van der Waals surface area contributed by atoms with Gasteiger partial charge in [-0.1, -0.05) is 48.5 Å². The van der Waals surface area contributed by atoms with Crippen LogP contribution in [0.3, 0.4) is 0 Å². The molecule has 1 aliphatic carbocycles. The van der Waals surface area contributed by atoms with Gasteiger partial charge in [-0.15, -0.1) is 0 Å². The first-order valence-corrected chi connectivity index (χ1v) is 7.48. The fraction of sp³-hybridized carbons (Fsp3) is 0.200. The average molecular weight is 374 g/mol. The molecule has 0 amide bonds. The van der Waals surface area contributed by atoms with Crippen molar-refractivity contribution in [3.8, 4) is 11.1 Å². The number of benzene rings is 2. The molecule has 2 aromatic carbocycles. The molecule has 0 aliphatic heterocycles. The smallest absolute Gasteiger partial charge is 0.259 e. The highest BCUT2D eigenvalue weighted by Gasteiger charge is 2.77. The van der Waals surface area contributed by atoms with Gasteiger partial charge in [-0.3, -0.25) is 40.5 Å². The molecule has 2 aromatic rings. The quantitative estimate of drug-likeness (QED) is 0.417. The first kappa shape index (κ1) is 17.8. The molecule has 0 N–H and O–H groups in total. The molecule has 0 spiro atoms. The van der Waals surface area contributed by atoms with Gasteiger partial charge in [0.05, 0.1) is 19.7 Å². The van der Waals surface area contributed by atoms with Gasteiger partial charge in [0.1, 0.15) is 0 Å². The molecule has 0 saturated carbocycles. The maximum Gasteiger partial charge on any atom is 0.478 e. The Morgan fingerprint density at radius 3 is 1.19 bits per heavy atom. The van der Waals surface area contributed by atoms with Gasteiger partial charge in [-0.25, -0.2) is 0 Å². The second-order valence-electron chi connectivity index (χ2n) is 5.85. The van der Waals surface area contributed by atoms with Crippen LogP contribution in [-0.2, 0) is 5.41 Å². The lowest BCUT2D eigenvalue weighted by Crippen LogP contribution is -2.60. The Balaban J connectivity index is 2.56. The average Bonchev–Trinajstić information content (AvgIpc) is 2.86. The summed E-state index contributed by atoms with van der Waals surface area (Å²) in [5, 5.41) is 46.5. The van der Waals surface area contributed by atoms with Gasteiger partial charge in [-0.2, -0.15) is 0 Å². The van der Waals surface area contributed by atoms with Gasteiger partial charge in [0, 0.05) is 0 Å². The topological polar surface area (TPSA) is 173 Å². The summed E-state index contributed by atoms with van der Waals surface area (Å²) in [5.41, 5.74) is -2.61. The summed E-state index contributed by atoms with van der Waals surface area (Å²) in [4.78, 5) is 41.2. The molecule has 0 bridgehead atoms. The highest BCUT2D eigenvalue weighted by Crippen LogP contribution is 2.53. The first-order valence-electron chi connectivity index (χ1n) is 7.48. The molecular formula is C15H10N4O8.